The third-order valence-corrected chi connectivity index (χ3v) is 2.91. The van der Waals surface area contributed by atoms with Crippen molar-refractivity contribution in [3.63, 3.8) is 0 Å². The van der Waals surface area contributed by atoms with Crippen LogP contribution >= 0.6 is 15.9 Å². The molecule has 2 aromatic rings. The SMILES string of the molecule is CCOc1cccc(Oc2ccc(C)cc2Br)n1. The summed E-state index contributed by atoms with van der Waals surface area (Å²) in [7, 11) is 0. The van der Waals surface area contributed by atoms with Gasteiger partial charge in [-0.25, -0.2) is 0 Å². The van der Waals surface area contributed by atoms with Gasteiger partial charge in [0, 0.05) is 12.1 Å². The third-order valence-electron chi connectivity index (χ3n) is 2.29. The maximum Gasteiger partial charge on any atom is 0.222 e. The standard InChI is InChI=1S/C14H14BrNO2/c1-3-17-13-5-4-6-14(16-13)18-12-8-7-10(2)9-11(12)15/h4-9H,3H2,1-2H3. The number of ether oxygens (including phenoxy) is 2. The number of halogens is 1. The van der Waals surface area contributed by atoms with Crippen molar-refractivity contribution in [2.75, 3.05) is 6.61 Å². The fourth-order valence-electron chi connectivity index (χ4n) is 1.48. The lowest BCUT2D eigenvalue weighted by Crippen LogP contribution is -1.95. The first-order valence-corrected chi connectivity index (χ1v) is 6.52. The second-order valence-electron chi connectivity index (χ2n) is 3.78. The predicted octanol–water partition coefficient (Wildman–Crippen LogP) is 4.34. The van der Waals surface area contributed by atoms with Crippen LogP contribution in [0.5, 0.6) is 17.5 Å². The van der Waals surface area contributed by atoms with Crippen molar-refractivity contribution in [1.29, 1.82) is 0 Å². The molecule has 4 heteroatoms. The van der Waals surface area contributed by atoms with Crippen LogP contribution in [0, 0.1) is 6.92 Å². The number of nitrogens with zero attached hydrogens (tertiary/aromatic N) is 1. The normalized spacial score (nSPS) is 10.2. The van der Waals surface area contributed by atoms with Gasteiger partial charge in [-0.15, -0.1) is 0 Å². The van der Waals surface area contributed by atoms with Crippen molar-refractivity contribution in [3.8, 4) is 17.5 Å². The molecule has 94 valence electrons. The highest BCUT2D eigenvalue weighted by Gasteiger charge is 2.05. The molecule has 0 aliphatic carbocycles. The zero-order valence-electron chi connectivity index (χ0n) is 10.3. The van der Waals surface area contributed by atoms with Crippen molar-refractivity contribution in [3.05, 3.63) is 46.4 Å². The van der Waals surface area contributed by atoms with Gasteiger partial charge in [-0.2, -0.15) is 4.98 Å². The monoisotopic (exact) mass is 307 g/mol. The van der Waals surface area contributed by atoms with Gasteiger partial charge in [0.1, 0.15) is 5.75 Å². The molecule has 18 heavy (non-hydrogen) atoms. The van der Waals surface area contributed by atoms with E-state index in [0.717, 1.165) is 10.2 Å². The summed E-state index contributed by atoms with van der Waals surface area (Å²) in [5.74, 6) is 1.82. The van der Waals surface area contributed by atoms with Gasteiger partial charge >= 0.3 is 0 Å². The van der Waals surface area contributed by atoms with Gasteiger partial charge in [-0.3, -0.25) is 0 Å². The lowest BCUT2D eigenvalue weighted by atomic mass is 10.2. The first-order chi connectivity index (χ1) is 8.69. The molecule has 0 saturated heterocycles. The maximum atomic E-state index is 5.71. The van der Waals surface area contributed by atoms with E-state index >= 15 is 0 Å². The van der Waals surface area contributed by atoms with Crippen molar-refractivity contribution in [2.24, 2.45) is 0 Å². The Bertz CT molecular complexity index is 543. The molecule has 0 spiro atoms. The summed E-state index contributed by atoms with van der Waals surface area (Å²) in [6.45, 7) is 4.54. The van der Waals surface area contributed by atoms with Crippen LogP contribution in [0.2, 0.25) is 0 Å². The number of aromatic nitrogens is 1. The molecule has 0 radical (unpaired) electrons. The minimum atomic E-state index is 0.519. The average Bonchev–Trinajstić information content (AvgIpc) is 2.34. The topological polar surface area (TPSA) is 31.4 Å². The number of hydrogen-bond donors (Lipinski definition) is 0. The number of aryl methyl sites for hydroxylation is 1. The van der Waals surface area contributed by atoms with E-state index in [-0.39, 0.29) is 0 Å². The smallest absolute Gasteiger partial charge is 0.222 e. The van der Waals surface area contributed by atoms with Crippen LogP contribution in [-0.2, 0) is 0 Å². The minimum Gasteiger partial charge on any atom is -0.478 e. The molecule has 0 bridgehead atoms. The van der Waals surface area contributed by atoms with Gasteiger partial charge in [0.2, 0.25) is 11.8 Å². The van der Waals surface area contributed by atoms with Crippen LogP contribution in [0.25, 0.3) is 0 Å². The molecular formula is C14H14BrNO2. The average molecular weight is 308 g/mol. The van der Waals surface area contributed by atoms with Gasteiger partial charge in [0.15, 0.2) is 0 Å². The molecule has 0 saturated carbocycles. The maximum absolute atomic E-state index is 5.71. The third kappa shape index (κ3) is 3.23. The predicted molar refractivity (Wildman–Crippen MR) is 74.4 cm³/mol. The summed E-state index contributed by atoms with van der Waals surface area (Å²) in [6.07, 6.45) is 0. The molecule has 3 nitrogen and oxygen atoms in total. The van der Waals surface area contributed by atoms with Crippen molar-refractivity contribution in [1.82, 2.24) is 4.98 Å². The van der Waals surface area contributed by atoms with Crippen molar-refractivity contribution >= 4 is 15.9 Å². The highest BCUT2D eigenvalue weighted by molar-refractivity contribution is 9.10. The van der Waals surface area contributed by atoms with Crippen LogP contribution in [0.4, 0.5) is 0 Å². The summed E-state index contributed by atoms with van der Waals surface area (Å²) in [5, 5.41) is 0. The number of hydrogen-bond acceptors (Lipinski definition) is 3. The van der Waals surface area contributed by atoms with E-state index < -0.39 is 0 Å². The largest absolute Gasteiger partial charge is 0.478 e. The lowest BCUT2D eigenvalue weighted by Gasteiger charge is -2.08. The van der Waals surface area contributed by atoms with Gasteiger partial charge in [0.05, 0.1) is 11.1 Å². The van der Waals surface area contributed by atoms with Gasteiger partial charge < -0.3 is 9.47 Å². The summed E-state index contributed by atoms with van der Waals surface area (Å²) in [5.41, 5.74) is 1.17. The Kier molecular flexibility index (Phi) is 4.20. The Hall–Kier alpha value is -1.55. The first-order valence-electron chi connectivity index (χ1n) is 5.73. The van der Waals surface area contributed by atoms with Crippen LogP contribution in [0.3, 0.4) is 0 Å². The minimum absolute atomic E-state index is 0.519. The van der Waals surface area contributed by atoms with Crippen LogP contribution in [0.15, 0.2) is 40.9 Å². The molecule has 1 heterocycles. The number of pyridine rings is 1. The number of rotatable bonds is 4. The number of benzene rings is 1. The van der Waals surface area contributed by atoms with E-state index in [0.29, 0.717) is 18.4 Å². The van der Waals surface area contributed by atoms with E-state index in [4.69, 9.17) is 9.47 Å². The van der Waals surface area contributed by atoms with Gasteiger partial charge in [-0.1, -0.05) is 12.1 Å². The molecule has 0 amide bonds. The van der Waals surface area contributed by atoms with E-state index in [1.807, 2.05) is 38.1 Å². The molecule has 1 aromatic carbocycles. The lowest BCUT2D eigenvalue weighted by molar-refractivity contribution is 0.321. The fraction of sp³-hybridized carbons (Fsp3) is 0.214. The first kappa shape index (κ1) is 12.9. The van der Waals surface area contributed by atoms with Gasteiger partial charge in [-0.05, 0) is 47.5 Å². The summed E-state index contributed by atoms with van der Waals surface area (Å²) >= 11 is 3.47. The Balaban J connectivity index is 2.20. The molecule has 0 atom stereocenters. The molecule has 0 aliphatic heterocycles. The Morgan fingerprint density at radius 2 is 1.94 bits per heavy atom. The zero-order chi connectivity index (χ0) is 13.0. The van der Waals surface area contributed by atoms with Crippen molar-refractivity contribution < 1.29 is 9.47 Å². The molecule has 0 fully saturated rings. The molecule has 2 rings (SSSR count). The second kappa shape index (κ2) is 5.87. The highest BCUT2D eigenvalue weighted by atomic mass is 79.9. The Labute approximate surface area is 115 Å². The fourth-order valence-corrected chi connectivity index (χ4v) is 2.06. The summed E-state index contributed by atoms with van der Waals surface area (Å²) in [4.78, 5) is 4.26. The van der Waals surface area contributed by atoms with E-state index in [2.05, 4.69) is 20.9 Å². The summed E-state index contributed by atoms with van der Waals surface area (Å²) in [6, 6.07) is 11.4. The van der Waals surface area contributed by atoms with Gasteiger partial charge in [0.25, 0.3) is 0 Å². The highest BCUT2D eigenvalue weighted by Crippen LogP contribution is 2.30. The molecule has 1 aromatic heterocycles. The molecule has 0 aliphatic rings. The van der Waals surface area contributed by atoms with Crippen LogP contribution in [-0.4, -0.2) is 11.6 Å². The Morgan fingerprint density at radius 3 is 2.67 bits per heavy atom. The van der Waals surface area contributed by atoms with Crippen LogP contribution in [0.1, 0.15) is 12.5 Å². The summed E-state index contributed by atoms with van der Waals surface area (Å²) < 4.78 is 12.0. The van der Waals surface area contributed by atoms with Crippen molar-refractivity contribution in [2.45, 2.75) is 13.8 Å². The molecule has 0 unspecified atom stereocenters. The molecular weight excluding hydrogens is 294 g/mol. The van der Waals surface area contributed by atoms with Crippen LogP contribution < -0.4 is 9.47 Å². The zero-order valence-corrected chi connectivity index (χ0v) is 11.9. The quantitative estimate of drug-likeness (QED) is 0.842. The molecule has 0 N–H and O–H groups in total. The Morgan fingerprint density at radius 1 is 1.17 bits per heavy atom. The second-order valence-corrected chi connectivity index (χ2v) is 4.64. The van der Waals surface area contributed by atoms with E-state index in [9.17, 15) is 0 Å². The van der Waals surface area contributed by atoms with E-state index in [1.54, 1.807) is 12.1 Å². The van der Waals surface area contributed by atoms with E-state index in [1.165, 1.54) is 5.56 Å².